The molecular formula is C31H38N2O5. The van der Waals surface area contributed by atoms with Crippen molar-refractivity contribution in [2.75, 3.05) is 33.5 Å². The molecule has 0 aliphatic carbocycles. The highest BCUT2D eigenvalue weighted by Crippen LogP contribution is 2.25. The molecule has 0 bridgehead atoms. The summed E-state index contributed by atoms with van der Waals surface area (Å²) in [6.45, 7) is 8.08. The maximum atomic E-state index is 12.1. The topological polar surface area (TPSA) is 71.8 Å². The Hall–Kier alpha value is -3.42. The van der Waals surface area contributed by atoms with Gasteiger partial charge >= 0.3 is 5.97 Å². The van der Waals surface area contributed by atoms with E-state index >= 15 is 0 Å². The molecule has 202 valence electrons. The molecule has 3 aromatic carbocycles. The molecule has 0 aliphatic heterocycles. The van der Waals surface area contributed by atoms with Crippen molar-refractivity contribution in [3.63, 3.8) is 0 Å². The van der Waals surface area contributed by atoms with E-state index in [0.29, 0.717) is 32.2 Å². The van der Waals surface area contributed by atoms with Gasteiger partial charge in [0.05, 0.1) is 37.5 Å². The van der Waals surface area contributed by atoms with Gasteiger partial charge in [0.25, 0.3) is 0 Å². The van der Waals surface area contributed by atoms with Gasteiger partial charge in [-0.1, -0.05) is 36.4 Å². The fourth-order valence-electron chi connectivity index (χ4n) is 4.52. The van der Waals surface area contributed by atoms with Crippen molar-refractivity contribution in [3.05, 3.63) is 72.1 Å². The molecule has 0 atom stereocenters. The maximum absolute atomic E-state index is 12.1. The molecule has 38 heavy (non-hydrogen) atoms. The second-order valence-corrected chi connectivity index (χ2v) is 9.80. The number of aryl methyl sites for hydroxylation is 2. The number of rotatable bonds is 14. The van der Waals surface area contributed by atoms with Gasteiger partial charge in [-0.3, -0.25) is 0 Å². The predicted octanol–water partition coefficient (Wildman–Crippen LogP) is 5.75. The molecule has 0 amide bonds. The van der Waals surface area contributed by atoms with Crippen LogP contribution in [0.1, 0.15) is 38.6 Å². The van der Waals surface area contributed by atoms with Crippen LogP contribution in [0, 0.1) is 0 Å². The summed E-state index contributed by atoms with van der Waals surface area (Å²) in [4.78, 5) is 17.1. The molecule has 0 fully saturated rings. The number of esters is 1. The highest BCUT2D eigenvalue weighted by atomic mass is 16.6. The van der Waals surface area contributed by atoms with Crippen molar-refractivity contribution >= 4 is 27.8 Å². The first-order valence-electron chi connectivity index (χ1n) is 13.3. The van der Waals surface area contributed by atoms with Crippen molar-refractivity contribution in [1.82, 2.24) is 9.55 Å². The normalized spacial score (nSPS) is 11.8. The van der Waals surface area contributed by atoms with Crippen LogP contribution in [0.15, 0.2) is 60.7 Å². The average Bonchev–Trinajstić information content (AvgIpc) is 3.24. The van der Waals surface area contributed by atoms with E-state index in [2.05, 4.69) is 53.1 Å². The van der Waals surface area contributed by atoms with E-state index in [9.17, 15) is 4.79 Å². The Morgan fingerprint density at radius 1 is 0.947 bits per heavy atom. The fourth-order valence-corrected chi connectivity index (χ4v) is 4.52. The van der Waals surface area contributed by atoms with Crippen LogP contribution < -0.4 is 4.74 Å². The molecule has 0 spiro atoms. The molecule has 4 aromatic rings. The highest BCUT2D eigenvalue weighted by Gasteiger charge is 2.31. The molecule has 0 N–H and O–H groups in total. The van der Waals surface area contributed by atoms with Crippen LogP contribution >= 0.6 is 0 Å². The minimum atomic E-state index is -1.03. The Balaban J connectivity index is 1.43. The van der Waals surface area contributed by atoms with E-state index in [0.717, 1.165) is 42.7 Å². The number of hydrogen-bond acceptors (Lipinski definition) is 6. The van der Waals surface area contributed by atoms with E-state index in [1.165, 1.54) is 16.3 Å². The van der Waals surface area contributed by atoms with Gasteiger partial charge in [0.2, 0.25) is 0 Å². The first-order valence-corrected chi connectivity index (χ1v) is 13.3. The number of hydrogen-bond donors (Lipinski definition) is 0. The molecule has 1 aromatic heterocycles. The number of carbonyl (C=O) groups excluding carboxylic acids is 1. The van der Waals surface area contributed by atoms with Crippen LogP contribution in [0.3, 0.4) is 0 Å². The Labute approximate surface area is 224 Å². The summed E-state index contributed by atoms with van der Waals surface area (Å²) in [7, 11) is 1.68. The molecule has 7 heteroatoms. The van der Waals surface area contributed by atoms with Gasteiger partial charge in [-0.15, -0.1) is 0 Å². The molecule has 0 saturated carbocycles. The number of fused-ring (bicyclic) bond motifs is 2. The van der Waals surface area contributed by atoms with E-state index in [4.69, 9.17) is 23.9 Å². The van der Waals surface area contributed by atoms with E-state index in [1.54, 1.807) is 27.9 Å². The summed E-state index contributed by atoms with van der Waals surface area (Å²) in [5, 5.41) is 2.41. The van der Waals surface area contributed by atoms with Crippen molar-refractivity contribution in [2.45, 2.75) is 52.2 Å². The maximum Gasteiger partial charge on any atom is 0.349 e. The SMILES string of the molecule is CCOC(=O)C(C)(C)Oc1ccc(CCCc2nc3cc4ccccc4cc3n2CCOCCOC)cc1. The largest absolute Gasteiger partial charge is 0.476 e. The summed E-state index contributed by atoms with van der Waals surface area (Å²) in [6.07, 6.45) is 2.73. The zero-order valence-electron chi connectivity index (χ0n) is 22.9. The third kappa shape index (κ3) is 6.91. The van der Waals surface area contributed by atoms with Gasteiger partial charge in [0.1, 0.15) is 11.6 Å². The van der Waals surface area contributed by atoms with Gasteiger partial charge in [-0.05, 0) is 74.2 Å². The number of nitrogens with zero attached hydrogens (tertiary/aromatic N) is 2. The van der Waals surface area contributed by atoms with E-state index in [-0.39, 0.29) is 5.97 Å². The molecule has 1 heterocycles. The lowest BCUT2D eigenvalue weighted by atomic mass is 10.1. The van der Waals surface area contributed by atoms with Gasteiger partial charge in [-0.25, -0.2) is 9.78 Å². The standard InChI is InChI=1S/C31H38N2O5/c1-5-37-30(34)31(2,3)38-26-15-13-23(14-16-26)9-8-12-29-32-27-21-24-10-6-7-11-25(24)22-28(27)33(29)17-18-36-20-19-35-4/h6-7,10-11,13-16,21-22H,5,8-9,12,17-20H2,1-4H3. The third-order valence-corrected chi connectivity index (χ3v) is 6.51. The quantitative estimate of drug-likeness (QED) is 0.156. The molecule has 7 nitrogen and oxygen atoms in total. The summed E-state index contributed by atoms with van der Waals surface area (Å²) in [5.74, 6) is 1.35. The number of methoxy groups -OCH3 is 1. The first-order chi connectivity index (χ1) is 18.4. The fraction of sp³-hybridized carbons (Fsp3) is 0.419. The average molecular weight is 519 g/mol. The predicted molar refractivity (Wildman–Crippen MR) is 150 cm³/mol. The monoisotopic (exact) mass is 518 g/mol. The van der Waals surface area contributed by atoms with Gasteiger partial charge in [0, 0.05) is 20.1 Å². The molecule has 0 saturated heterocycles. The van der Waals surface area contributed by atoms with Crippen LogP contribution in [-0.2, 0) is 38.4 Å². The van der Waals surface area contributed by atoms with Crippen molar-refractivity contribution < 1.29 is 23.7 Å². The molecule has 0 radical (unpaired) electrons. The number of carbonyl (C=O) groups is 1. The van der Waals surface area contributed by atoms with Crippen molar-refractivity contribution in [3.8, 4) is 5.75 Å². The minimum Gasteiger partial charge on any atom is -0.476 e. The third-order valence-electron chi connectivity index (χ3n) is 6.51. The Bertz CT molecular complexity index is 1340. The van der Waals surface area contributed by atoms with Crippen molar-refractivity contribution in [1.29, 1.82) is 0 Å². The summed E-state index contributed by atoms with van der Waals surface area (Å²) in [5.41, 5.74) is 2.33. The van der Waals surface area contributed by atoms with Gasteiger partial charge in [0.15, 0.2) is 5.60 Å². The second kappa shape index (κ2) is 12.9. The summed E-state index contributed by atoms with van der Waals surface area (Å²) >= 11 is 0. The number of ether oxygens (including phenoxy) is 4. The number of benzene rings is 3. The van der Waals surface area contributed by atoms with E-state index < -0.39 is 5.60 Å². The first kappa shape index (κ1) is 27.6. The Kier molecular flexibility index (Phi) is 9.37. The van der Waals surface area contributed by atoms with E-state index in [1.807, 2.05) is 12.1 Å². The zero-order chi connectivity index (χ0) is 27.0. The summed E-state index contributed by atoms with van der Waals surface area (Å²) < 4.78 is 24.2. The van der Waals surface area contributed by atoms with Crippen LogP contribution in [0.5, 0.6) is 5.75 Å². The Morgan fingerprint density at radius 2 is 1.68 bits per heavy atom. The lowest BCUT2D eigenvalue weighted by Gasteiger charge is -2.24. The van der Waals surface area contributed by atoms with Crippen molar-refractivity contribution in [2.24, 2.45) is 0 Å². The van der Waals surface area contributed by atoms with Crippen LogP contribution in [0.25, 0.3) is 21.8 Å². The smallest absolute Gasteiger partial charge is 0.349 e. The minimum absolute atomic E-state index is 0.329. The van der Waals surface area contributed by atoms with Crippen LogP contribution in [0.4, 0.5) is 0 Å². The zero-order valence-corrected chi connectivity index (χ0v) is 22.9. The lowest BCUT2D eigenvalue weighted by Crippen LogP contribution is -2.39. The molecule has 4 rings (SSSR count). The number of imidazole rings is 1. The second-order valence-electron chi connectivity index (χ2n) is 9.80. The Morgan fingerprint density at radius 3 is 2.39 bits per heavy atom. The summed E-state index contributed by atoms with van der Waals surface area (Å²) in [6, 6.07) is 20.7. The lowest BCUT2D eigenvalue weighted by molar-refractivity contribution is -0.158. The van der Waals surface area contributed by atoms with Crippen LogP contribution in [-0.4, -0.2) is 54.7 Å². The highest BCUT2D eigenvalue weighted by molar-refractivity contribution is 5.95. The van der Waals surface area contributed by atoms with Crippen LogP contribution in [0.2, 0.25) is 0 Å². The van der Waals surface area contributed by atoms with Gasteiger partial charge in [-0.2, -0.15) is 0 Å². The molecule has 0 aliphatic rings. The molecule has 0 unspecified atom stereocenters. The van der Waals surface area contributed by atoms with Gasteiger partial charge < -0.3 is 23.5 Å². The number of aromatic nitrogens is 2. The molecular weight excluding hydrogens is 480 g/mol.